The van der Waals surface area contributed by atoms with Crippen LogP contribution in [0.25, 0.3) is 0 Å². The Kier molecular flexibility index (Phi) is 7.29. The molecule has 2 atom stereocenters. The first-order valence-electron chi connectivity index (χ1n) is 5.32. The molecule has 1 amide bonds. The third-order valence-electron chi connectivity index (χ3n) is 2.19. The van der Waals surface area contributed by atoms with Gasteiger partial charge in [-0.25, -0.2) is 4.79 Å². The summed E-state index contributed by atoms with van der Waals surface area (Å²) < 4.78 is 0. The van der Waals surface area contributed by atoms with Crippen LogP contribution in [0.1, 0.15) is 25.7 Å². The number of rotatable bonds is 9. The van der Waals surface area contributed by atoms with E-state index in [-0.39, 0.29) is 25.7 Å². The highest BCUT2D eigenvalue weighted by molar-refractivity contribution is 5.87. The van der Waals surface area contributed by atoms with Gasteiger partial charge in [0.05, 0.1) is 6.04 Å². The maximum atomic E-state index is 11.4. The number of nitrogens with two attached hydrogens (primary N) is 1. The number of hydrogen-bond acceptors (Lipinski definition) is 5. The highest BCUT2D eigenvalue weighted by Crippen LogP contribution is 2.00. The number of aldehydes is 1. The van der Waals surface area contributed by atoms with Gasteiger partial charge in [-0.05, 0) is 12.8 Å². The first-order chi connectivity index (χ1) is 8.38. The summed E-state index contributed by atoms with van der Waals surface area (Å²) in [5.74, 6) is -3.19. The van der Waals surface area contributed by atoms with E-state index in [2.05, 4.69) is 5.32 Å². The SMILES string of the molecule is NC(CCC=O)C(=O)NC(CCC(=O)O)C(=O)O. The zero-order valence-corrected chi connectivity index (χ0v) is 9.67. The van der Waals surface area contributed by atoms with Gasteiger partial charge in [0.2, 0.25) is 5.91 Å². The van der Waals surface area contributed by atoms with Gasteiger partial charge < -0.3 is 26.1 Å². The summed E-state index contributed by atoms with van der Waals surface area (Å²) in [4.78, 5) is 42.6. The van der Waals surface area contributed by atoms with Crippen molar-refractivity contribution in [3.8, 4) is 0 Å². The molecule has 102 valence electrons. The van der Waals surface area contributed by atoms with Crippen LogP contribution in [0, 0.1) is 0 Å². The minimum atomic E-state index is -1.33. The van der Waals surface area contributed by atoms with Crippen molar-refractivity contribution in [2.45, 2.75) is 37.8 Å². The van der Waals surface area contributed by atoms with Crippen LogP contribution in [0.4, 0.5) is 0 Å². The summed E-state index contributed by atoms with van der Waals surface area (Å²) in [7, 11) is 0. The lowest BCUT2D eigenvalue weighted by molar-refractivity contribution is -0.143. The fraction of sp³-hybridized carbons (Fsp3) is 0.600. The molecule has 0 fully saturated rings. The lowest BCUT2D eigenvalue weighted by atomic mass is 10.1. The fourth-order valence-corrected chi connectivity index (χ4v) is 1.18. The van der Waals surface area contributed by atoms with E-state index in [1.807, 2.05) is 0 Å². The van der Waals surface area contributed by atoms with Crippen LogP contribution in [0.15, 0.2) is 0 Å². The predicted molar refractivity (Wildman–Crippen MR) is 59.7 cm³/mol. The van der Waals surface area contributed by atoms with Crippen molar-refractivity contribution in [1.29, 1.82) is 0 Å². The molecule has 0 aromatic rings. The third-order valence-corrected chi connectivity index (χ3v) is 2.19. The molecule has 0 radical (unpaired) electrons. The van der Waals surface area contributed by atoms with Gasteiger partial charge in [-0.15, -0.1) is 0 Å². The van der Waals surface area contributed by atoms with E-state index in [1.165, 1.54) is 0 Å². The van der Waals surface area contributed by atoms with E-state index in [0.29, 0.717) is 6.29 Å². The van der Waals surface area contributed by atoms with Crippen molar-refractivity contribution >= 4 is 24.1 Å². The van der Waals surface area contributed by atoms with E-state index in [4.69, 9.17) is 15.9 Å². The number of amides is 1. The standard InChI is InChI=1S/C10H16N2O6/c11-6(2-1-5-13)9(16)12-7(10(17)18)3-4-8(14)15/h5-7H,1-4,11H2,(H,12,16)(H,14,15)(H,17,18). The smallest absolute Gasteiger partial charge is 0.326 e. The van der Waals surface area contributed by atoms with E-state index >= 15 is 0 Å². The molecule has 0 spiro atoms. The zero-order chi connectivity index (χ0) is 14.1. The van der Waals surface area contributed by atoms with E-state index in [1.54, 1.807) is 0 Å². The highest BCUT2D eigenvalue weighted by atomic mass is 16.4. The summed E-state index contributed by atoms with van der Waals surface area (Å²) in [5.41, 5.74) is 5.43. The first-order valence-corrected chi connectivity index (χ1v) is 5.32. The Balaban J connectivity index is 4.30. The average Bonchev–Trinajstić information content (AvgIpc) is 2.30. The minimum Gasteiger partial charge on any atom is -0.481 e. The van der Waals surface area contributed by atoms with E-state index in [9.17, 15) is 19.2 Å². The van der Waals surface area contributed by atoms with Crippen molar-refractivity contribution in [3.05, 3.63) is 0 Å². The molecule has 0 saturated carbocycles. The van der Waals surface area contributed by atoms with Crippen molar-refractivity contribution in [2.75, 3.05) is 0 Å². The molecule has 8 nitrogen and oxygen atoms in total. The Labute approximate surface area is 103 Å². The molecular weight excluding hydrogens is 244 g/mol. The Morgan fingerprint density at radius 3 is 2.28 bits per heavy atom. The van der Waals surface area contributed by atoms with Gasteiger partial charge in [-0.2, -0.15) is 0 Å². The number of hydrogen-bond donors (Lipinski definition) is 4. The third kappa shape index (κ3) is 6.59. The summed E-state index contributed by atoms with van der Waals surface area (Å²) in [6.07, 6.45) is 0.214. The topological polar surface area (TPSA) is 147 Å². The van der Waals surface area contributed by atoms with Gasteiger partial charge in [0.25, 0.3) is 0 Å². The van der Waals surface area contributed by atoms with Crippen LogP contribution in [0.3, 0.4) is 0 Å². The molecule has 18 heavy (non-hydrogen) atoms. The van der Waals surface area contributed by atoms with Gasteiger partial charge >= 0.3 is 11.9 Å². The van der Waals surface area contributed by atoms with Gasteiger partial charge in [-0.1, -0.05) is 0 Å². The highest BCUT2D eigenvalue weighted by Gasteiger charge is 2.23. The summed E-state index contributed by atoms with van der Waals surface area (Å²) in [6, 6.07) is -2.28. The van der Waals surface area contributed by atoms with Crippen molar-refractivity contribution < 1.29 is 29.4 Å². The molecule has 0 bridgehead atoms. The zero-order valence-electron chi connectivity index (χ0n) is 9.67. The normalized spacial score (nSPS) is 13.4. The molecule has 8 heteroatoms. The van der Waals surface area contributed by atoms with Crippen LogP contribution in [-0.4, -0.2) is 46.4 Å². The Bertz CT molecular complexity index is 330. The van der Waals surface area contributed by atoms with Gasteiger partial charge in [0.1, 0.15) is 12.3 Å². The predicted octanol–water partition coefficient (Wildman–Crippen LogP) is -1.27. The maximum absolute atomic E-state index is 11.4. The van der Waals surface area contributed by atoms with Crippen LogP contribution in [0.2, 0.25) is 0 Å². The number of carboxylic acids is 2. The number of carboxylic acid groups (broad SMARTS) is 2. The van der Waals surface area contributed by atoms with Crippen LogP contribution >= 0.6 is 0 Å². The Morgan fingerprint density at radius 1 is 1.22 bits per heavy atom. The van der Waals surface area contributed by atoms with Crippen LogP contribution < -0.4 is 11.1 Å². The molecule has 0 rings (SSSR count). The van der Waals surface area contributed by atoms with Gasteiger partial charge in [-0.3, -0.25) is 9.59 Å². The van der Waals surface area contributed by atoms with Gasteiger partial charge in [0, 0.05) is 12.8 Å². The monoisotopic (exact) mass is 260 g/mol. The average molecular weight is 260 g/mol. The number of carbonyl (C=O) groups is 4. The molecule has 0 aliphatic rings. The molecule has 0 saturated heterocycles. The number of nitrogens with one attached hydrogen (secondary N) is 1. The summed E-state index contributed by atoms with van der Waals surface area (Å²) in [6.45, 7) is 0. The molecule has 0 heterocycles. The van der Waals surface area contributed by atoms with Crippen LogP contribution in [-0.2, 0) is 19.2 Å². The first kappa shape index (κ1) is 16.0. The number of aliphatic carboxylic acids is 2. The molecule has 2 unspecified atom stereocenters. The molecule has 0 aromatic heterocycles. The molecule has 0 aromatic carbocycles. The summed E-state index contributed by atoms with van der Waals surface area (Å²) >= 11 is 0. The summed E-state index contributed by atoms with van der Waals surface area (Å²) in [5, 5.41) is 19.4. The van der Waals surface area contributed by atoms with Crippen molar-refractivity contribution in [2.24, 2.45) is 5.73 Å². The largest absolute Gasteiger partial charge is 0.481 e. The second-order valence-corrected chi connectivity index (χ2v) is 3.68. The second kappa shape index (κ2) is 8.18. The molecule has 5 N–H and O–H groups in total. The quantitative estimate of drug-likeness (QED) is 0.378. The van der Waals surface area contributed by atoms with E-state index < -0.39 is 29.9 Å². The lowest BCUT2D eigenvalue weighted by Gasteiger charge is -2.16. The van der Waals surface area contributed by atoms with E-state index in [0.717, 1.165) is 0 Å². The van der Waals surface area contributed by atoms with Crippen molar-refractivity contribution in [1.82, 2.24) is 5.32 Å². The molecular formula is C10H16N2O6. The maximum Gasteiger partial charge on any atom is 0.326 e. The Morgan fingerprint density at radius 2 is 1.83 bits per heavy atom. The second-order valence-electron chi connectivity index (χ2n) is 3.68. The Hall–Kier alpha value is -1.96. The fourth-order valence-electron chi connectivity index (χ4n) is 1.18. The van der Waals surface area contributed by atoms with Gasteiger partial charge in [0.15, 0.2) is 0 Å². The lowest BCUT2D eigenvalue weighted by Crippen LogP contribution is -2.48. The van der Waals surface area contributed by atoms with Crippen molar-refractivity contribution in [3.63, 3.8) is 0 Å². The molecule has 0 aliphatic carbocycles. The minimum absolute atomic E-state index is 0.0987. The molecule has 0 aliphatic heterocycles. The van der Waals surface area contributed by atoms with Crippen LogP contribution in [0.5, 0.6) is 0 Å². The number of carbonyl (C=O) groups excluding carboxylic acids is 2.